The highest BCUT2D eigenvalue weighted by Gasteiger charge is 2.28. The lowest BCUT2D eigenvalue weighted by Crippen LogP contribution is -2.39. The summed E-state index contributed by atoms with van der Waals surface area (Å²) in [6, 6.07) is 4.03. The zero-order valence-electron chi connectivity index (χ0n) is 10.7. The molecule has 0 saturated carbocycles. The number of benzene rings is 1. The van der Waals surface area contributed by atoms with Crippen molar-refractivity contribution < 1.29 is 9.72 Å². The molecule has 108 valence electrons. The molecule has 1 aliphatic heterocycles. The number of rotatable bonds is 3. The Kier molecular flexibility index (Phi) is 4.83. The van der Waals surface area contributed by atoms with Gasteiger partial charge in [0, 0.05) is 30.1 Å². The van der Waals surface area contributed by atoms with Crippen LogP contribution in [-0.2, 0) is 0 Å². The summed E-state index contributed by atoms with van der Waals surface area (Å²) >= 11 is 11.6. The average Bonchev–Trinajstić information content (AvgIpc) is 2.46. The second kappa shape index (κ2) is 6.41. The molecule has 20 heavy (non-hydrogen) atoms. The number of carbonyl (C=O) groups excluding carboxylic acids is 1. The third kappa shape index (κ3) is 3.22. The van der Waals surface area contributed by atoms with E-state index < -0.39 is 4.92 Å². The predicted molar refractivity (Wildman–Crippen MR) is 77.5 cm³/mol. The van der Waals surface area contributed by atoms with Crippen LogP contribution in [0.2, 0.25) is 5.02 Å². The standard InChI is InChI=1S/C13H14Cl2N2O3/c14-8-9-3-5-16(6-4-9)13(18)11-7-10(15)1-2-12(11)17(19)20/h1-2,7,9H,3-6,8H2. The van der Waals surface area contributed by atoms with Gasteiger partial charge in [0.2, 0.25) is 0 Å². The number of likely N-dealkylation sites (tertiary alicyclic amines) is 1. The lowest BCUT2D eigenvalue weighted by Gasteiger charge is -2.31. The minimum absolute atomic E-state index is 0.0480. The SMILES string of the molecule is O=C(c1cc(Cl)ccc1[N+](=O)[O-])N1CCC(CCl)CC1. The first-order chi connectivity index (χ1) is 9.52. The number of nitrogens with zero attached hydrogens (tertiary/aromatic N) is 2. The van der Waals surface area contributed by atoms with E-state index in [-0.39, 0.29) is 17.2 Å². The van der Waals surface area contributed by atoms with Gasteiger partial charge in [-0.3, -0.25) is 14.9 Å². The van der Waals surface area contributed by atoms with E-state index in [1.807, 2.05) is 0 Å². The molecule has 2 rings (SSSR count). The molecule has 1 aromatic rings. The number of halogens is 2. The van der Waals surface area contributed by atoms with E-state index in [4.69, 9.17) is 23.2 Å². The Labute approximate surface area is 126 Å². The fourth-order valence-corrected chi connectivity index (χ4v) is 2.78. The summed E-state index contributed by atoms with van der Waals surface area (Å²) in [5.41, 5.74) is -0.161. The first-order valence-corrected chi connectivity index (χ1v) is 7.23. The van der Waals surface area contributed by atoms with E-state index in [0.29, 0.717) is 29.9 Å². The molecule has 0 atom stereocenters. The van der Waals surface area contributed by atoms with Crippen molar-refractivity contribution in [2.24, 2.45) is 5.92 Å². The van der Waals surface area contributed by atoms with Gasteiger partial charge < -0.3 is 4.90 Å². The minimum Gasteiger partial charge on any atom is -0.338 e. The van der Waals surface area contributed by atoms with E-state index in [9.17, 15) is 14.9 Å². The van der Waals surface area contributed by atoms with Gasteiger partial charge in [-0.1, -0.05) is 11.6 Å². The predicted octanol–water partition coefficient (Wildman–Crippen LogP) is 3.34. The highest BCUT2D eigenvalue weighted by atomic mass is 35.5. The molecule has 1 saturated heterocycles. The number of carbonyl (C=O) groups is 1. The van der Waals surface area contributed by atoms with E-state index in [0.717, 1.165) is 12.8 Å². The lowest BCUT2D eigenvalue weighted by molar-refractivity contribution is -0.385. The summed E-state index contributed by atoms with van der Waals surface area (Å²) in [5.74, 6) is 0.654. The van der Waals surface area contributed by atoms with Crippen LogP contribution in [-0.4, -0.2) is 34.7 Å². The number of amides is 1. The molecule has 0 spiro atoms. The number of alkyl halides is 1. The topological polar surface area (TPSA) is 63.4 Å². The largest absolute Gasteiger partial charge is 0.338 e. The van der Waals surface area contributed by atoms with Crippen molar-refractivity contribution in [1.82, 2.24) is 4.90 Å². The minimum atomic E-state index is -0.560. The van der Waals surface area contributed by atoms with Gasteiger partial charge in [-0.15, -0.1) is 11.6 Å². The Morgan fingerprint density at radius 1 is 1.40 bits per heavy atom. The van der Waals surface area contributed by atoms with E-state index in [1.165, 1.54) is 18.2 Å². The van der Waals surface area contributed by atoms with Gasteiger partial charge in [-0.05, 0) is 30.9 Å². The molecule has 0 N–H and O–H groups in total. The summed E-state index contributed by atoms with van der Waals surface area (Å²) in [5, 5.41) is 11.3. The summed E-state index contributed by atoms with van der Waals surface area (Å²) < 4.78 is 0. The van der Waals surface area contributed by atoms with Crippen molar-refractivity contribution in [3.8, 4) is 0 Å². The third-order valence-corrected chi connectivity index (χ3v) is 4.18. The zero-order chi connectivity index (χ0) is 14.7. The second-order valence-corrected chi connectivity index (χ2v) is 5.55. The van der Waals surface area contributed by atoms with Crippen LogP contribution in [0.15, 0.2) is 18.2 Å². The van der Waals surface area contributed by atoms with E-state index >= 15 is 0 Å². The molecule has 1 fully saturated rings. The van der Waals surface area contributed by atoms with Crippen LogP contribution in [0.5, 0.6) is 0 Å². The van der Waals surface area contributed by atoms with Crippen LogP contribution in [0.4, 0.5) is 5.69 Å². The highest BCUT2D eigenvalue weighted by molar-refractivity contribution is 6.31. The Balaban J connectivity index is 2.21. The van der Waals surface area contributed by atoms with Crippen LogP contribution in [0.1, 0.15) is 23.2 Å². The normalized spacial score (nSPS) is 16.2. The van der Waals surface area contributed by atoms with Gasteiger partial charge in [-0.2, -0.15) is 0 Å². The van der Waals surface area contributed by atoms with E-state index in [1.54, 1.807) is 4.90 Å². The molecule has 1 amide bonds. The number of nitro groups is 1. The van der Waals surface area contributed by atoms with Crippen molar-refractivity contribution in [3.63, 3.8) is 0 Å². The first kappa shape index (κ1) is 15.1. The summed E-state index contributed by atoms with van der Waals surface area (Å²) in [7, 11) is 0. The van der Waals surface area contributed by atoms with Gasteiger partial charge in [0.05, 0.1) is 4.92 Å². The van der Waals surface area contributed by atoms with Crippen LogP contribution in [0, 0.1) is 16.0 Å². The van der Waals surface area contributed by atoms with Gasteiger partial charge in [0.1, 0.15) is 5.56 Å². The van der Waals surface area contributed by atoms with Crippen molar-refractivity contribution in [2.75, 3.05) is 19.0 Å². The van der Waals surface area contributed by atoms with Gasteiger partial charge in [0.25, 0.3) is 11.6 Å². The fourth-order valence-electron chi connectivity index (χ4n) is 2.30. The zero-order valence-corrected chi connectivity index (χ0v) is 12.2. The highest BCUT2D eigenvalue weighted by Crippen LogP contribution is 2.26. The molecule has 0 radical (unpaired) electrons. The van der Waals surface area contributed by atoms with Crippen LogP contribution in [0.25, 0.3) is 0 Å². The monoisotopic (exact) mass is 316 g/mol. The summed E-state index contributed by atoms with van der Waals surface area (Å²) in [4.78, 5) is 24.5. The Morgan fingerprint density at radius 2 is 2.05 bits per heavy atom. The van der Waals surface area contributed by atoms with Crippen molar-refractivity contribution >= 4 is 34.8 Å². The molecule has 0 aliphatic carbocycles. The maximum Gasteiger partial charge on any atom is 0.282 e. The maximum absolute atomic E-state index is 12.4. The molecule has 0 aromatic heterocycles. The lowest BCUT2D eigenvalue weighted by atomic mass is 9.98. The number of hydrogen-bond donors (Lipinski definition) is 0. The van der Waals surface area contributed by atoms with Gasteiger partial charge >= 0.3 is 0 Å². The van der Waals surface area contributed by atoms with Crippen molar-refractivity contribution in [3.05, 3.63) is 38.9 Å². The molecule has 7 heteroatoms. The molecule has 0 bridgehead atoms. The van der Waals surface area contributed by atoms with Crippen LogP contribution in [0.3, 0.4) is 0 Å². The quantitative estimate of drug-likeness (QED) is 0.488. The first-order valence-electron chi connectivity index (χ1n) is 6.32. The molecular weight excluding hydrogens is 303 g/mol. The Bertz CT molecular complexity index is 528. The molecule has 1 aromatic carbocycles. The molecular formula is C13H14Cl2N2O3. The molecule has 0 unspecified atom stereocenters. The van der Waals surface area contributed by atoms with Gasteiger partial charge in [-0.25, -0.2) is 0 Å². The number of piperidine rings is 1. The van der Waals surface area contributed by atoms with Crippen LogP contribution >= 0.6 is 23.2 Å². The summed E-state index contributed by atoms with van der Waals surface area (Å²) in [6.45, 7) is 1.14. The fraction of sp³-hybridized carbons (Fsp3) is 0.462. The van der Waals surface area contributed by atoms with E-state index in [2.05, 4.69) is 0 Å². The van der Waals surface area contributed by atoms with Crippen molar-refractivity contribution in [2.45, 2.75) is 12.8 Å². The Morgan fingerprint density at radius 3 is 2.60 bits per heavy atom. The molecule has 5 nitrogen and oxygen atoms in total. The molecule has 1 aliphatic rings. The van der Waals surface area contributed by atoms with Crippen molar-refractivity contribution in [1.29, 1.82) is 0 Å². The average molecular weight is 317 g/mol. The maximum atomic E-state index is 12.4. The number of nitro benzene ring substituents is 1. The summed E-state index contributed by atoms with van der Waals surface area (Å²) in [6.07, 6.45) is 1.65. The second-order valence-electron chi connectivity index (χ2n) is 4.81. The molecule has 1 heterocycles. The smallest absolute Gasteiger partial charge is 0.282 e. The third-order valence-electron chi connectivity index (χ3n) is 3.51. The number of hydrogen-bond acceptors (Lipinski definition) is 3. The van der Waals surface area contributed by atoms with Gasteiger partial charge in [0.15, 0.2) is 0 Å². The van der Waals surface area contributed by atoms with Crippen LogP contribution < -0.4 is 0 Å². The Hall–Kier alpha value is -1.33.